The second-order valence-corrected chi connectivity index (χ2v) is 3.00. The lowest BCUT2D eigenvalue weighted by molar-refractivity contribution is 0.863. The lowest BCUT2D eigenvalue weighted by Gasteiger charge is -2.01. The molecule has 2 rings (SSSR count). The SMILES string of the molecule is Cc1cccc(-n2ccc(=O)[nH]2)c1. The highest BCUT2D eigenvalue weighted by molar-refractivity contribution is 5.34. The Balaban J connectivity index is 2.52. The average molecular weight is 174 g/mol. The molecule has 0 atom stereocenters. The van der Waals surface area contributed by atoms with E-state index in [-0.39, 0.29) is 5.56 Å². The van der Waals surface area contributed by atoms with Crippen molar-refractivity contribution in [3.63, 3.8) is 0 Å². The Morgan fingerprint density at radius 3 is 2.77 bits per heavy atom. The number of hydrogen-bond acceptors (Lipinski definition) is 1. The standard InChI is InChI=1S/C10H10N2O/c1-8-3-2-4-9(7-8)12-6-5-10(13)11-12/h2-7H,1H3,(H,11,13). The fourth-order valence-electron chi connectivity index (χ4n) is 1.26. The molecule has 1 aromatic heterocycles. The maximum absolute atomic E-state index is 10.9. The van der Waals surface area contributed by atoms with E-state index in [4.69, 9.17) is 0 Å². The summed E-state index contributed by atoms with van der Waals surface area (Å²) in [5.41, 5.74) is 2.07. The second-order valence-electron chi connectivity index (χ2n) is 3.00. The topological polar surface area (TPSA) is 37.8 Å². The number of nitrogens with one attached hydrogen (secondary N) is 1. The zero-order valence-corrected chi connectivity index (χ0v) is 7.32. The molecule has 3 heteroatoms. The van der Waals surface area contributed by atoms with Crippen LogP contribution >= 0.6 is 0 Å². The molecule has 0 bridgehead atoms. The highest BCUT2D eigenvalue weighted by atomic mass is 16.1. The normalized spacial score (nSPS) is 10.2. The summed E-state index contributed by atoms with van der Waals surface area (Å²) >= 11 is 0. The Hall–Kier alpha value is -1.77. The Morgan fingerprint density at radius 2 is 2.15 bits per heavy atom. The first kappa shape index (κ1) is 7.86. The number of aromatic nitrogens is 2. The van der Waals surface area contributed by atoms with Gasteiger partial charge in [0.2, 0.25) is 0 Å². The van der Waals surface area contributed by atoms with Gasteiger partial charge in [0.25, 0.3) is 5.56 Å². The van der Waals surface area contributed by atoms with Crippen molar-refractivity contribution < 1.29 is 0 Å². The van der Waals surface area contributed by atoms with Crippen LogP contribution in [0, 0.1) is 6.92 Å². The molecule has 66 valence electrons. The molecule has 0 aliphatic heterocycles. The summed E-state index contributed by atoms with van der Waals surface area (Å²) in [6.45, 7) is 2.02. The molecular formula is C10H10N2O. The number of hydrogen-bond donors (Lipinski definition) is 1. The van der Waals surface area contributed by atoms with Gasteiger partial charge < -0.3 is 0 Å². The van der Waals surface area contributed by atoms with Gasteiger partial charge in [-0.2, -0.15) is 0 Å². The predicted octanol–water partition coefficient (Wildman–Crippen LogP) is 1.47. The van der Waals surface area contributed by atoms with Crippen molar-refractivity contribution in [2.45, 2.75) is 6.92 Å². The van der Waals surface area contributed by atoms with E-state index < -0.39 is 0 Å². The van der Waals surface area contributed by atoms with E-state index in [2.05, 4.69) is 5.10 Å². The third-order valence-corrected chi connectivity index (χ3v) is 1.89. The Bertz CT molecular complexity index is 468. The summed E-state index contributed by atoms with van der Waals surface area (Å²) in [6, 6.07) is 9.44. The van der Waals surface area contributed by atoms with E-state index in [0.29, 0.717) is 0 Å². The van der Waals surface area contributed by atoms with Crippen LogP contribution in [-0.2, 0) is 0 Å². The van der Waals surface area contributed by atoms with Crippen LogP contribution in [-0.4, -0.2) is 9.78 Å². The van der Waals surface area contributed by atoms with Crippen LogP contribution in [0.25, 0.3) is 5.69 Å². The van der Waals surface area contributed by atoms with Crippen LogP contribution in [0.2, 0.25) is 0 Å². The van der Waals surface area contributed by atoms with Gasteiger partial charge in [-0.1, -0.05) is 12.1 Å². The van der Waals surface area contributed by atoms with Crippen LogP contribution in [0.3, 0.4) is 0 Å². The van der Waals surface area contributed by atoms with Crippen molar-refractivity contribution in [3.05, 3.63) is 52.4 Å². The zero-order chi connectivity index (χ0) is 9.26. The largest absolute Gasteiger partial charge is 0.268 e. The zero-order valence-electron chi connectivity index (χ0n) is 7.32. The molecule has 13 heavy (non-hydrogen) atoms. The van der Waals surface area contributed by atoms with Crippen molar-refractivity contribution in [2.75, 3.05) is 0 Å². The van der Waals surface area contributed by atoms with Gasteiger partial charge >= 0.3 is 0 Å². The lowest BCUT2D eigenvalue weighted by atomic mass is 10.2. The number of aromatic amines is 1. The van der Waals surface area contributed by atoms with E-state index in [1.54, 1.807) is 10.9 Å². The molecule has 0 amide bonds. The quantitative estimate of drug-likeness (QED) is 0.698. The molecule has 0 unspecified atom stereocenters. The fourth-order valence-corrected chi connectivity index (χ4v) is 1.26. The molecule has 0 aliphatic carbocycles. The van der Waals surface area contributed by atoms with Gasteiger partial charge in [-0.25, -0.2) is 0 Å². The number of H-pyrrole nitrogens is 1. The minimum atomic E-state index is -0.0819. The van der Waals surface area contributed by atoms with Crippen LogP contribution in [0.5, 0.6) is 0 Å². The van der Waals surface area contributed by atoms with Crippen LogP contribution in [0.15, 0.2) is 41.3 Å². The van der Waals surface area contributed by atoms with E-state index in [9.17, 15) is 4.79 Å². The summed E-state index contributed by atoms with van der Waals surface area (Å²) in [4.78, 5) is 10.9. The highest BCUT2D eigenvalue weighted by Crippen LogP contribution is 2.06. The van der Waals surface area contributed by atoms with Gasteiger partial charge in [-0.3, -0.25) is 14.6 Å². The first-order chi connectivity index (χ1) is 6.25. The molecular weight excluding hydrogens is 164 g/mol. The molecule has 0 saturated heterocycles. The van der Waals surface area contributed by atoms with Gasteiger partial charge in [0.1, 0.15) is 0 Å². The summed E-state index contributed by atoms with van der Waals surface area (Å²) in [7, 11) is 0. The fraction of sp³-hybridized carbons (Fsp3) is 0.100. The van der Waals surface area contributed by atoms with Crippen molar-refractivity contribution in [3.8, 4) is 5.69 Å². The molecule has 2 aromatic rings. The Morgan fingerprint density at radius 1 is 1.31 bits per heavy atom. The molecule has 0 aliphatic rings. The number of nitrogens with zero attached hydrogens (tertiary/aromatic N) is 1. The summed E-state index contributed by atoms with van der Waals surface area (Å²) in [5.74, 6) is 0. The monoisotopic (exact) mass is 174 g/mol. The van der Waals surface area contributed by atoms with Gasteiger partial charge in [-0.15, -0.1) is 0 Å². The van der Waals surface area contributed by atoms with Crippen molar-refractivity contribution in [2.24, 2.45) is 0 Å². The minimum Gasteiger partial charge on any atom is -0.268 e. The van der Waals surface area contributed by atoms with E-state index in [1.807, 2.05) is 31.2 Å². The molecule has 3 nitrogen and oxygen atoms in total. The van der Waals surface area contributed by atoms with Crippen LogP contribution in [0.4, 0.5) is 0 Å². The third-order valence-electron chi connectivity index (χ3n) is 1.89. The lowest BCUT2D eigenvalue weighted by Crippen LogP contribution is -2.02. The number of rotatable bonds is 1. The van der Waals surface area contributed by atoms with Crippen LogP contribution < -0.4 is 5.56 Å². The maximum Gasteiger partial charge on any atom is 0.264 e. The molecule has 0 saturated carbocycles. The van der Waals surface area contributed by atoms with Gasteiger partial charge in [0, 0.05) is 12.3 Å². The van der Waals surface area contributed by atoms with E-state index in [1.165, 1.54) is 11.6 Å². The molecule has 1 heterocycles. The van der Waals surface area contributed by atoms with E-state index in [0.717, 1.165) is 5.69 Å². The number of benzene rings is 1. The van der Waals surface area contributed by atoms with Gasteiger partial charge in [0.05, 0.1) is 5.69 Å². The third kappa shape index (κ3) is 1.54. The molecule has 1 N–H and O–H groups in total. The minimum absolute atomic E-state index is 0.0819. The Labute approximate surface area is 75.6 Å². The second kappa shape index (κ2) is 2.94. The van der Waals surface area contributed by atoms with Gasteiger partial charge in [-0.05, 0) is 24.6 Å². The van der Waals surface area contributed by atoms with Crippen molar-refractivity contribution >= 4 is 0 Å². The van der Waals surface area contributed by atoms with E-state index >= 15 is 0 Å². The summed E-state index contributed by atoms with van der Waals surface area (Å²) in [6.07, 6.45) is 1.72. The smallest absolute Gasteiger partial charge is 0.264 e. The highest BCUT2D eigenvalue weighted by Gasteiger charge is 1.95. The maximum atomic E-state index is 10.9. The molecule has 0 spiro atoms. The van der Waals surface area contributed by atoms with Crippen molar-refractivity contribution in [1.29, 1.82) is 0 Å². The Kier molecular flexibility index (Phi) is 1.77. The van der Waals surface area contributed by atoms with Crippen LogP contribution in [0.1, 0.15) is 5.56 Å². The predicted molar refractivity (Wildman–Crippen MR) is 51.1 cm³/mol. The summed E-state index contributed by atoms with van der Waals surface area (Å²) < 4.78 is 1.70. The molecule has 1 aromatic carbocycles. The first-order valence-corrected chi connectivity index (χ1v) is 4.10. The average Bonchev–Trinajstić information content (AvgIpc) is 2.52. The van der Waals surface area contributed by atoms with Gasteiger partial charge in [0.15, 0.2) is 0 Å². The first-order valence-electron chi connectivity index (χ1n) is 4.10. The van der Waals surface area contributed by atoms with Crippen molar-refractivity contribution in [1.82, 2.24) is 9.78 Å². The number of aryl methyl sites for hydroxylation is 1. The summed E-state index contributed by atoms with van der Waals surface area (Å²) in [5, 5.41) is 2.68. The molecule has 0 radical (unpaired) electrons. The molecule has 0 fully saturated rings.